The van der Waals surface area contributed by atoms with E-state index in [0.29, 0.717) is 6.54 Å². The fourth-order valence-corrected chi connectivity index (χ4v) is 4.14. The van der Waals surface area contributed by atoms with E-state index in [4.69, 9.17) is 10.5 Å². The summed E-state index contributed by atoms with van der Waals surface area (Å²) in [4.78, 5) is 24.4. The Morgan fingerprint density at radius 3 is 2.60 bits per heavy atom. The lowest BCUT2D eigenvalue weighted by Crippen LogP contribution is -2.35. The summed E-state index contributed by atoms with van der Waals surface area (Å²) in [6.07, 6.45) is 4.08. The lowest BCUT2D eigenvalue weighted by atomic mass is 9.97. The van der Waals surface area contributed by atoms with Crippen LogP contribution in [0.3, 0.4) is 0 Å². The van der Waals surface area contributed by atoms with Crippen molar-refractivity contribution in [2.75, 3.05) is 41.3 Å². The number of nitrogens with zero attached hydrogens (tertiary/aromatic N) is 3. The van der Waals surface area contributed by atoms with Gasteiger partial charge in [-0.3, -0.25) is 4.79 Å². The van der Waals surface area contributed by atoms with Crippen LogP contribution in [0.4, 0.5) is 0 Å². The summed E-state index contributed by atoms with van der Waals surface area (Å²) in [6, 6.07) is 17.8. The van der Waals surface area contributed by atoms with Crippen molar-refractivity contribution >= 4 is 16.9 Å². The molecule has 182 valence electrons. The van der Waals surface area contributed by atoms with Crippen LogP contribution in [0.25, 0.3) is 33.3 Å². The number of rotatable bonds is 9. The van der Waals surface area contributed by atoms with Crippen LogP contribution < -0.4 is 10.5 Å². The number of ether oxygens (including phenoxy) is 1. The summed E-state index contributed by atoms with van der Waals surface area (Å²) < 4.78 is 5.57. The van der Waals surface area contributed by atoms with Gasteiger partial charge in [0, 0.05) is 67.1 Å². The molecular formula is C28H33N5O2. The Bertz CT molecular complexity index is 1310. The van der Waals surface area contributed by atoms with Crippen LogP contribution in [0.5, 0.6) is 5.75 Å². The van der Waals surface area contributed by atoms with Gasteiger partial charge in [0.05, 0.1) is 7.11 Å². The highest BCUT2D eigenvalue weighted by Crippen LogP contribution is 2.36. The number of para-hydroxylation sites is 1. The summed E-state index contributed by atoms with van der Waals surface area (Å²) >= 11 is 0. The molecule has 0 spiro atoms. The number of hydrogen-bond donors (Lipinski definition) is 2. The van der Waals surface area contributed by atoms with Crippen LogP contribution in [0, 0.1) is 0 Å². The first-order valence-corrected chi connectivity index (χ1v) is 11.7. The standard InChI is InChI=1S/C28H33N5O2/c1-32(2)12-13-33(3)27(34)16-25(29)20-9-7-8-19(14-20)21-15-23-24(18-31-28(23)30-17-21)22-10-5-6-11-26(22)35-4/h5-11,14-15,17-18,25H,12-13,16,29H2,1-4H3,(H,30,31). The highest BCUT2D eigenvalue weighted by Gasteiger charge is 2.17. The van der Waals surface area contributed by atoms with E-state index in [-0.39, 0.29) is 18.4 Å². The normalized spacial score (nSPS) is 12.2. The predicted molar refractivity (Wildman–Crippen MR) is 141 cm³/mol. The topological polar surface area (TPSA) is 87.5 Å². The number of carbonyl (C=O) groups excluding carboxylic acids is 1. The number of benzene rings is 2. The molecule has 2 aromatic carbocycles. The van der Waals surface area contributed by atoms with Crippen molar-refractivity contribution in [1.29, 1.82) is 0 Å². The van der Waals surface area contributed by atoms with E-state index in [1.807, 2.05) is 76.0 Å². The molecule has 1 amide bonds. The number of H-pyrrole nitrogens is 1. The maximum Gasteiger partial charge on any atom is 0.224 e. The van der Waals surface area contributed by atoms with Crippen molar-refractivity contribution in [2.24, 2.45) is 5.73 Å². The fourth-order valence-electron chi connectivity index (χ4n) is 4.14. The van der Waals surface area contributed by atoms with E-state index < -0.39 is 0 Å². The molecule has 7 nitrogen and oxygen atoms in total. The minimum Gasteiger partial charge on any atom is -0.496 e. The molecule has 1 unspecified atom stereocenters. The fraction of sp³-hybridized carbons (Fsp3) is 0.286. The smallest absolute Gasteiger partial charge is 0.224 e. The Morgan fingerprint density at radius 1 is 1.03 bits per heavy atom. The van der Waals surface area contributed by atoms with Crippen molar-refractivity contribution in [2.45, 2.75) is 12.5 Å². The van der Waals surface area contributed by atoms with Gasteiger partial charge in [-0.05, 0) is 43.4 Å². The first kappa shape index (κ1) is 24.4. The minimum atomic E-state index is -0.377. The first-order chi connectivity index (χ1) is 16.9. The third kappa shape index (κ3) is 5.53. The molecule has 0 bridgehead atoms. The largest absolute Gasteiger partial charge is 0.496 e. The summed E-state index contributed by atoms with van der Waals surface area (Å²) in [5, 5.41) is 1.01. The number of aromatic amines is 1. The molecule has 7 heteroatoms. The first-order valence-electron chi connectivity index (χ1n) is 11.7. The molecule has 0 radical (unpaired) electrons. The van der Waals surface area contributed by atoms with Gasteiger partial charge < -0.3 is 25.3 Å². The van der Waals surface area contributed by atoms with E-state index in [1.54, 1.807) is 12.0 Å². The number of carbonyl (C=O) groups is 1. The van der Waals surface area contributed by atoms with Crippen LogP contribution in [0.2, 0.25) is 0 Å². The third-order valence-electron chi connectivity index (χ3n) is 6.28. The summed E-state index contributed by atoms with van der Waals surface area (Å²) in [5.41, 5.74) is 12.2. The van der Waals surface area contributed by atoms with Crippen molar-refractivity contribution < 1.29 is 9.53 Å². The van der Waals surface area contributed by atoms with Gasteiger partial charge in [-0.15, -0.1) is 0 Å². The number of aromatic nitrogens is 2. The zero-order chi connectivity index (χ0) is 24.9. The van der Waals surface area contributed by atoms with Gasteiger partial charge >= 0.3 is 0 Å². The SMILES string of the molecule is COc1ccccc1-c1c[nH]c2ncc(-c3cccc(C(N)CC(=O)N(C)CCN(C)C)c3)cc12. The van der Waals surface area contributed by atoms with Crippen LogP contribution in [-0.4, -0.2) is 67.0 Å². The lowest BCUT2D eigenvalue weighted by Gasteiger charge is -2.21. The van der Waals surface area contributed by atoms with Crippen LogP contribution in [0.1, 0.15) is 18.0 Å². The van der Waals surface area contributed by atoms with E-state index in [1.165, 1.54) is 0 Å². The monoisotopic (exact) mass is 471 g/mol. The molecule has 0 aliphatic rings. The van der Waals surface area contributed by atoms with Crippen molar-refractivity contribution in [1.82, 2.24) is 19.8 Å². The van der Waals surface area contributed by atoms with Gasteiger partial charge in [-0.25, -0.2) is 4.98 Å². The van der Waals surface area contributed by atoms with Crippen molar-refractivity contribution in [3.05, 3.63) is 72.6 Å². The van der Waals surface area contributed by atoms with E-state index in [2.05, 4.69) is 27.0 Å². The molecule has 0 saturated carbocycles. The molecule has 3 N–H and O–H groups in total. The maximum absolute atomic E-state index is 12.6. The quantitative estimate of drug-likeness (QED) is 0.380. The summed E-state index contributed by atoms with van der Waals surface area (Å²) in [5.74, 6) is 0.855. The molecule has 4 rings (SSSR count). The molecule has 35 heavy (non-hydrogen) atoms. The molecule has 4 aromatic rings. The van der Waals surface area contributed by atoms with Crippen LogP contribution >= 0.6 is 0 Å². The minimum absolute atomic E-state index is 0.0432. The highest BCUT2D eigenvalue weighted by atomic mass is 16.5. The molecule has 2 aromatic heterocycles. The Morgan fingerprint density at radius 2 is 1.83 bits per heavy atom. The number of nitrogens with two attached hydrogens (primary N) is 1. The number of pyridine rings is 1. The number of likely N-dealkylation sites (N-methyl/N-ethyl adjacent to an activating group) is 2. The van der Waals surface area contributed by atoms with Crippen molar-refractivity contribution in [3.8, 4) is 28.0 Å². The maximum atomic E-state index is 12.6. The van der Waals surface area contributed by atoms with Gasteiger partial charge in [-0.2, -0.15) is 0 Å². The average molecular weight is 472 g/mol. The molecular weight excluding hydrogens is 438 g/mol. The zero-order valence-electron chi connectivity index (χ0n) is 20.8. The molecule has 0 aliphatic heterocycles. The third-order valence-corrected chi connectivity index (χ3v) is 6.28. The Kier molecular flexibility index (Phi) is 7.48. The number of hydrogen-bond acceptors (Lipinski definition) is 5. The number of nitrogens with one attached hydrogen (secondary N) is 1. The molecule has 1 atom stereocenters. The second-order valence-electron chi connectivity index (χ2n) is 9.08. The summed E-state index contributed by atoms with van der Waals surface area (Å²) in [7, 11) is 7.49. The van der Waals surface area contributed by atoms with Gasteiger partial charge in [0.1, 0.15) is 11.4 Å². The number of amides is 1. The highest BCUT2D eigenvalue weighted by molar-refractivity contribution is 5.97. The van der Waals surface area contributed by atoms with Gasteiger partial charge in [0.15, 0.2) is 0 Å². The van der Waals surface area contributed by atoms with Crippen LogP contribution in [-0.2, 0) is 4.79 Å². The zero-order valence-corrected chi connectivity index (χ0v) is 20.8. The Labute approximate surface area is 206 Å². The second kappa shape index (κ2) is 10.7. The van der Waals surface area contributed by atoms with Gasteiger partial charge in [0.25, 0.3) is 0 Å². The lowest BCUT2D eigenvalue weighted by molar-refractivity contribution is -0.130. The predicted octanol–water partition coefficient (Wildman–Crippen LogP) is 4.32. The van der Waals surface area contributed by atoms with Gasteiger partial charge in [-0.1, -0.05) is 36.4 Å². The average Bonchev–Trinajstić information content (AvgIpc) is 3.30. The van der Waals surface area contributed by atoms with E-state index in [0.717, 1.165) is 51.1 Å². The van der Waals surface area contributed by atoms with E-state index in [9.17, 15) is 4.79 Å². The Hall–Kier alpha value is -3.68. The molecule has 2 heterocycles. The summed E-state index contributed by atoms with van der Waals surface area (Å²) in [6.45, 7) is 1.49. The second-order valence-corrected chi connectivity index (χ2v) is 9.08. The molecule has 0 aliphatic carbocycles. The molecule has 0 fully saturated rings. The van der Waals surface area contributed by atoms with Crippen LogP contribution in [0.15, 0.2) is 67.0 Å². The van der Waals surface area contributed by atoms with Crippen molar-refractivity contribution in [3.63, 3.8) is 0 Å². The Balaban J connectivity index is 1.59. The van der Waals surface area contributed by atoms with E-state index >= 15 is 0 Å². The number of fused-ring (bicyclic) bond motifs is 1. The number of methoxy groups -OCH3 is 1. The van der Waals surface area contributed by atoms with Gasteiger partial charge in [0.2, 0.25) is 5.91 Å². The molecule has 0 saturated heterocycles.